The Hall–Kier alpha value is -1.76. The van der Waals surface area contributed by atoms with Crippen molar-refractivity contribution in [3.63, 3.8) is 0 Å². The van der Waals surface area contributed by atoms with Gasteiger partial charge in [0.25, 0.3) is 0 Å². The summed E-state index contributed by atoms with van der Waals surface area (Å²) in [6, 6.07) is 15.4. The number of hydrogen-bond donors (Lipinski definition) is 0. The lowest BCUT2D eigenvalue weighted by Crippen LogP contribution is -2.38. The molecule has 1 amide bonds. The first-order chi connectivity index (χ1) is 10.3. The highest BCUT2D eigenvalue weighted by molar-refractivity contribution is 14.1. The van der Waals surface area contributed by atoms with Gasteiger partial charge in [-0.1, -0.05) is 36.4 Å². The van der Waals surface area contributed by atoms with Crippen molar-refractivity contribution in [2.24, 2.45) is 0 Å². The van der Waals surface area contributed by atoms with Gasteiger partial charge in [0.1, 0.15) is 13.2 Å². The molecule has 1 aliphatic heterocycles. The van der Waals surface area contributed by atoms with Crippen molar-refractivity contribution < 1.29 is 14.3 Å². The van der Waals surface area contributed by atoms with Crippen molar-refractivity contribution in [2.45, 2.75) is 6.61 Å². The van der Waals surface area contributed by atoms with Gasteiger partial charge in [-0.3, -0.25) is 4.90 Å². The molecule has 1 aliphatic rings. The van der Waals surface area contributed by atoms with E-state index in [0.29, 0.717) is 13.2 Å². The standard InChI is InChI=1S/C16H14INO3/c17-13-7-4-8-14-15(13)20-10-9-18(14)16(19)21-11-12-5-2-1-3-6-12/h1-8H,9-11H2. The minimum Gasteiger partial charge on any atom is -0.488 e. The first kappa shape index (κ1) is 14.2. The van der Waals surface area contributed by atoms with Crippen molar-refractivity contribution in [3.8, 4) is 5.75 Å². The molecule has 3 rings (SSSR count). The monoisotopic (exact) mass is 395 g/mol. The van der Waals surface area contributed by atoms with E-state index in [-0.39, 0.29) is 12.7 Å². The van der Waals surface area contributed by atoms with Crippen molar-refractivity contribution in [2.75, 3.05) is 18.1 Å². The fourth-order valence-corrected chi connectivity index (χ4v) is 2.84. The molecular formula is C16H14INO3. The van der Waals surface area contributed by atoms with Crippen LogP contribution in [0.3, 0.4) is 0 Å². The number of hydrogen-bond acceptors (Lipinski definition) is 3. The number of ether oxygens (including phenoxy) is 2. The van der Waals surface area contributed by atoms with Crippen LogP contribution in [0, 0.1) is 3.57 Å². The normalized spacial score (nSPS) is 13.3. The largest absolute Gasteiger partial charge is 0.488 e. The molecule has 0 fully saturated rings. The molecule has 0 atom stereocenters. The smallest absolute Gasteiger partial charge is 0.414 e. The van der Waals surface area contributed by atoms with E-state index in [1.165, 1.54) is 0 Å². The maximum absolute atomic E-state index is 12.3. The van der Waals surface area contributed by atoms with E-state index in [0.717, 1.165) is 20.6 Å². The number of carbonyl (C=O) groups excluding carboxylic acids is 1. The first-order valence-corrected chi connectivity index (χ1v) is 7.73. The van der Waals surface area contributed by atoms with Crippen molar-refractivity contribution in [3.05, 3.63) is 57.7 Å². The summed E-state index contributed by atoms with van der Waals surface area (Å²) >= 11 is 2.20. The van der Waals surface area contributed by atoms with Crippen LogP contribution in [0.25, 0.3) is 0 Å². The van der Waals surface area contributed by atoms with Crippen LogP contribution in [0.2, 0.25) is 0 Å². The number of anilines is 1. The minimum absolute atomic E-state index is 0.274. The van der Waals surface area contributed by atoms with Crippen LogP contribution < -0.4 is 9.64 Å². The molecule has 2 aromatic rings. The molecule has 0 unspecified atom stereocenters. The van der Waals surface area contributed by atoms with E-state index in [1.54, 1.807) is 4.90 Å². The number of amides is 1. The van der Waals surface area contributed by atoms with Crippen molar-refractivity contribution in [1.29, 1.82) is 0 Å². The number of fused-ring (bicyclic) bond motifs is 1. The minimum atomic E-state index is -0.342. The summed E-state index contributed by atoms with van der Waals surface area (Å²) in [4.78, 5) is 13.9. The van der Waals surface area contributed by atoms with E-state index >= 15 is 0 Å². The molecule has 0 aliphatic carbocycles. The Morgan fingerprint density at radius 2 is 2.00 bits per heavy atom. The summed E-state index contributed by atoms with van der Waals surface area (Å²) in [6.45, 7) is 1.25. The SMILES string of the molecule is O=C(OCc1ccccc1)N1CCOc2c(I)cccc21. The Labute approximate surface area is 136 Å². The van der Waals surface area contributed by atoms with E-state index in [1.807, 2.05) is 48.5 Å². The van der Waals surface area contributed by atoms with Crippen LogP contribution in [-0.4, -0.2) is 19.2 Å². The van der Waals surface area contributed by atoms with Gasteiger partial charge >= 0.3 is 6.09 Å². The first-order valence-electron chi connectivity index (χ1n) is 6.65. The number of benzene rings is 2. The lowest BCUT2D eigenvalue weighted by atomic mass is 10.2. The van der Waals surface area contributed by atoms with Crippen LogP contribution in [0.4, 0.5) is 10.5 Å². The molecule has 0 aromatic heterocycles. The van der Waals surface area contributed by atoms with E-state index in [4.69, 9.17) is 9.47 Å². The van der Waals surface area contributed by atoms with Crippen LogP contribution in [0.1, 0.15) is 5.56 Å². The molecule has 1 heterocycles. The Morgan fingerprint density at radius 1 is 1.19 bits per heavy atom. The topological polar surface area (TPSA) is 38.8 Å². The second-order valence-electron chi connectivity index (χ2n) is 4.63. The van der Waals surface area contributed by atoms with Gasteiger partial charge in [0, 0.05) is 0 Å². The van der Waals surface area contributed by atoms with Crippen LogP contribution in [0.15, 0.2) is 48.5 Å². The third kappa shape index (κ3) is 3.12. The molecule has 0 spiro atoms. The zero-order chi connectivity index (χ0) is 14.7. The summed E-state index contributed by atoms with van der Waals surface area (Å²) in [5, 5.41) is 0. The second-order valence-corrected chi connectivity index (χ2v) is 5.79. The van der Waals surface area contributed by atoms with E-state index in [2.05, 4.69) is 22.6 Å². The average molecular weight is 395 g/mol. The second kappa shape index (κ2) is 6.34. The number of rotatable bonds is 2. The molecule has 2 aromatic carbocycles. The third-order valence-electron chi connectivity index (χ3n) is 3.22. The highest BCUT2D eigenvalue weighted by Crippen LogP contribution is 2.35. The Morgan fingerprint density at radius 3 is 2.81 bits per heavy atom. The van der Waals surface area contributed by atoms with Gasteiger partial charge in [0.05, 0.1) is 15.8 Å². The molecule has 0 radical (unpaired) electrons. The zero-order valence-corrected chi connectivity index (χ0v) is 13.4. The summed E-state index contributed by atoms with van der Waals surface area (Å²) in [6.07, 6.45) is -0.342. The summed E-state index contributed by atoms with van der Waals surface area (Å²) < 4.78 is 12.0. The average Bonchev–Trinajstić information content (AvgIpc) is 2.53. The molecule has 0 saturated carbocycles. The number of para-hydroxylation sites is 1. The Balaban J connectivity index is 1.73. The van der Waals surface area contributed by atoms with Gasteiger partial charge in [0.2, 0.25) is 0 Å². The maximum Gasteiger partial charge on any atom is 0.414 e. The van der Waals surface area contributed by atoms with Crippen LogP contribution in [-0.2, 0) is 11.3 Å². The van der Waals surface area contributed by atoms with E-state index in [9.17, 15) is 4.79 Å². The molecule has 0 N–H and O–H groups in total. The van der Waals surface area contributed by atoms with Gasteiger partial charge in [-0.25, -0.2) is 4.79 Å². The Kier molecular flexibility index (Phi) is 4.28. The van der Waals surface area contributed by atoms with E-state index < -0.39 is 0 Å². The van der Waals surface area contributed by atoms with Gasteiger partial charge in [-0.05, 0) is 40.3 Å². The lowest BCUT2D eigenvalue weighted by Gasteiger charge is -2.29. The molecule has 4 nitrogen and oxygen atoms in total. The summed E-state index contributed by atoms with van der Waals surface area (Å²) in [5.74, 6) is 0.751. The number of nitrogens with zero attached hydrogens (tertiary/aromatic N) is 1. The van der Waals surface area contributed by atoms with Crippen molar-refractivity contribution in [1.82, 2.24) is 0 Å². The summed E-state index contributed by atoms with van der Waals surface area (Å²) in [5.41, 5.74) is 1.74. The molecular weight excluding hydrogens is 381 g/mol. The van der Waals surface area contributed by atoms with Crippen LogP contribution >= 0.6 is 22.6 Å². The fourth-order valence-electron chi connectivity index (χ4n) is 2.20. The van der Waals surface area contributed by atoms with Crippen LogP contribution in [0.5, 0.6) is 5.75 Å². The predicted molar refractivity (Wildman–Crippen MR) is 88.6 cm³/mol. The van der Waals surface area contributed by atoms with Gasteiger partial charge < -0.3 is 9.47 Å². The van der Waals surface area contributed by atoms with Crippen molar-refractivity contribution >= 4 is 34.4 Å². The third-order valence-corrected chi connectivity index (χ3v) is 4.07. The number of carbonyl (C=O) groups is 1. The highest BCUT2D eigenvalue weighted by atomic mass is 127. The van der Waals surface area contributed by atoms with Gasteiger partial charge in [0.15, 0.2) is 5.75 Å². The molecule has 5 heteroatoms. The van der Waals surface area contributed by atoms with Gasteiger partial charge in [-0.15, -0.1) is 0 Å². The predicted octanol–water partition coefficient (Wildman–Crippen LogP) is 3.83. The zero-order valence-electron chi connectivity index (χ0n) is 11.3. The molecule has 21 heavy (non-hydrogen) atoms. The highest BCUT2D eigenvalue weighted by Gasteiger charge is 2.26. The molecule has 0 bridgehead atoms. The summed E-state index contributed by atoms with van der Waals surface area (Å²) in [7, 11) is 0. The van der Waals surface area contributed by atoms with Gasteiger partial charge in [-0.2, -0.15) is 0 Å². The molecule has 0 saturated heterocycles. The fraction of sp³-hybridized carbons (Fsp3) is 0.188. The molecule has 108 valence electrons. The lowest BCUT2D eigenvalue weighted by molar-refractivity contribution is 0.144. The Bertz CT molecular complexity index is 645. The maximum atomic E-state index is 12.3. The number of halogens is 1. The quantitative estimate of drug-likeness (QED) is 0.726.